The van der Waals surface area contributed by atoms with E-state index in [4.69, 9.17) is 10.7 Å². The van der Waals surface area contributed by atoms with Gasteiger partial charge in [0.25, 0.3) is 0 Å². The average Bonchev–Trinajstić information content (AvgIpc) is 3.55. The van der Waals surface area contributed by atoms with Crippen LogP contribution in [0.4, 0.5) is 5.00 Å². The molecule has 2 aliphatic carbocycles. The Kier molecular flexibility index (Phi) is 10.4. The van der Waals surface area contributed by atoms with Gasteiger partial charge in [-0.15, -0.1) is 11.3 Å². The number of likely N-dealkylation sites (N-methyl/N-ethyl adjacent to an activating group) is 1. The third kappa shape index (κ3) is 6.73. The normalized spacial score (nSPS) is 24.7. The average molecular weight is 617 g/mol. The first-order chi connectivity index (χ1) is 21.2. The smallest absolute Gasteiger partial charge is 0.130 e. The molecule has 3 heterocycles. The number of piperazine rings is 1. The Morgan fingerprint density at radius 3 is 2.68 bits per heavy atom. The zero-order valence-corrected chi connectivity index (χ0v) is 28.2. The summed E-state index contributed by atoms with van der Waals surface area (Å²) in [4.78, 5) is 18.4. The van der Waals surface area contributed by atoms with E-state index < -0.39 is 0 Å². The number of fused-ring (bicyclic) bond motifs is 1. The Labute approximate surface area is 268 Å². The number of rotatable bonds is 12. The van der Waals surface area contributed by atoms with Gasteiger partial charge in [0, 0.05) is 60.3 Å². The van der Waals surface area contributed by atoms with Gasteiger partial charge >= 0.3 is 0 Å². The standard InChI is InChI=1S/C35H52N8S/c1-6-10-26(33(37)27-13-7-14-30-32(27)28(22-36)34(38)44-30)24(2)29(40-17-8-11-25-12-9-18-41(25)4)21-31(39-3)43-20-19-42(5)35(23-43)15-16-35/h21,25,27,37H,3,6-20,23,38H2,1-2,4-5H3/b26-24+,31-21+,37-33?,40-29+/t25-,27+/m1/s1. The highest BCUT2D eigenvalue weighted by atomic mass is 32.1. The van der Waals surface area contributed by atoms with Crippen molar-refractivity contribution in [3.63, 3.8) is 0 Å². The molecule has 2 aliphatic heterocycles. The lowest BCUT2D eigenvalue weighted by atomic mass is 9.78. The summed E-state index contributed by atoms with van der Waals surface area (Å²) < 4.78 is 0. The van der Waals surface area contributed by atoms with Crippen LogP contribution in [0.1, 0.15) is 100.0 Å². The SMILES string of the molecule is C=N\C(=C/C(=N\CCC[C@@H]1CCCN1C)C(/C)=C(\CCC)C(=N)[C@H]1CCCc2sc(N)c(C#N)c21)N1CCN(C)C2(CC2)C1. The first-order valence-corrected chi connectivity index (χ1v) is 17.5. The molecule has 0 aromatic carbocycles. The van der Waals surface area contributed by atoms with Crippen molar-refractivity contribution in [2.24, 2.45) is 9.98 Å². The van der Waals surface area contributed by atoms with Crippen LogP contribution in [0.2, 0.25) is 0 Å². The molecule has 3 fully saturated rings. The van der Waals surface area contributed by atoms with E-state index in [1.807, 2.05) is 0 Å². The van der Waals surface area contributed by atoms with Crippen LogP contribution in [-0.4, -0.2) is 91.2 Å². The van der Waals surface area contributed by atoms with Crippen molar-refractivity contribution in [2.45, 2.75) is 102 Å². The van der Waals surface area contributed by atoms with E-state index in [-0.39, 0.29) is 11.5 Å². The van der Waals surface area contributed by atoms with Crippen molar-refractivity contribution in [1.29, 1.82) is 10.7 Å². The Bertz CT molecular complexity index is 1370. The number of nitrogens with one attached hydrogen (secondary N) is 1. The van der Waals surface area contributed by atoms with Gasteiger partial charge < -0.3 is 20.9 Å². The minimum Gasteiger partial charge on any atom is -0.389 e. The molecular formula is C35H52N8S. The molecule has 9 heteroatoms. The molecule has 0 radical (unpaired) electrons. The van der Waals surface area contributed by atoms with Crippen LogP contribution in [0.25, 0.3) is 0 Å². The maximum absolute atomic E-state index is 9.97. The number of thiophene rings is 1. The predicted molar refractivity (Wildman–Crippen MR) is 185 cm³/mol. The summed E-state index contributed by atoms with van der Waals surface area (Å²) in [5.41, 5.74) is 11.8. The zero-order valence-electron chi connectivity index (χ0n) is 27.4. The van der Waals surface area contributed by atoms with Crippen molar-refractivity contribution in [2.75, 3.05) is 52.6 Å². The molecule has 0 unspecified atom stereocenters. The summed E-state index contributed by atoms with van der Waals surface area (Å²) in [6, 6.07) is 3.02. The van der Waals surface area contributed by atoms with Gasteiger partial charge in [-0.05, 0) is 115 Å². The van der Waals surface area contributed by atoms with Gasteiger partial charge in [-0.2, -0.15) is 5.26 Å². The Morgan fingerprint density at radius 1 is 1.23 bits per heavy atom. The first kappa shape index (κ1) is 32.6. The second kappa shape index (κ2) is 14.1. The second-order valence-electron chi connectivity index (χ2n) is 13.4. The van der Waals surface area contributed by atoms with Crippen LogP contribution in [-0.2, 0) is 6.42 Å². The summed E-state index contributed by atoms with van der Waals surface area (Å²) in [5, 5.41) is 20.2. The number of nitrogens with zero attached hydrogens (tertiary/aromatic N) is 6. The molecule has 2 saturated heterocycles. The molecule has 4 aliphatic rings. The number of aliphatic imine (C=N–C) groups is 2. The molecule has 0 bridgehead atoms. The topological polar surface area (TPSA) is 108 Å². The van der Waals surface area contributed by atoms with Gasteiger partial charge in [0.2, 0.25) is 0 Å². The van der Waals surface area contributed by atoms with E-state index >= 15 is 0 Å². The van der Waals surface area contributed by atoms with E-state index in [2.05, 4.69) is 66.5 Å². The molecule has 8 nitrogen and oxygen atoms in total. The molecule has 0 amide bonds. The van der Waals surface area contributed by atoms with Gasteiger partial charge in [-0.25, -0.2) is 4.99 Å². The zero-order chi connectivity index (χ0) is 31.4. The summed E-state index contributed by atoms with van der Waals surface area (Å²) >= 11 is 1.54. The summed E-state index contributed by atoms with van der Waals surface area (Å²) in [7, 11) is 4.49. The van der Waals surface area contributed by atoms with E-state index in [0.717, 1.165) is 99.4 Å². The van der Waals surface area contributed by atoms with Gasteiger partial charge in [0.1, 0.15) is 16.9 Å². The first-order valence-electron chi connectivity index (χ1n) is 16.7. The van der Waals surface area contributed by atoms with Crippen molar-refractivity contribution >= 4 is 34.5 Å². The molecular weight excluding hydrogens is 565 g/mol. The number of hydrogen-bond acceptors (Lipinski definition) is 9. The number of nitrogens with two attached hydrogens (primary N) is 1. The number of nitrogen functional groups attached to an aromatic ring is 1. The molecule has 1 spiro atoms. The molecule has 3 N–H and O–H groups in total. The lowest BCUT2D eigenvalue weighted by Gasteiger charge is -2.41. The van der Waals surface area contributed by atoms with Crippen LogP contribution in [0.5, 0.6) is 0 Å². The molecule has 5 rings (SSSR count). The fourth-order valence-corrected chi connectivity index (χ4v) is 8.79. The number of nitriles is 1. The van der Waals surface area contributed by atoms with E-state index in [9.17, 15) is 10.7 Å². The summed E-state index contributed by atoms with van der Waals surface area (Å²) in [5.74, 6) is 0.781. The van der Waals surface area contributed by atoms with E-state index in [1.54, 1.807) is 0 Å². The maximum Gasteiger partial charge on any atom is 0.130 e. The van der Waals surface area contributed by atoms with Crippen molar-refractivity contribution in [3.05, 3.63) is 39.0 Å². The molecule has 1 aromatic rings. The highest BCUT2D eigenvalue weighted by Gasteiger charge is 2.49. The fraction of sp³-hybridized carbons (Fsp3) is 0.657. The van der Waals surface area contributed by atoms with Crippen molar-refractivity contribution in [3.8, 4) is 6.07 Å². The highest BCUT2D eigenvalue weighted by Crippen LogP contribution is 2.45. The third-order valence-corrected chi connectivity index (χ3v) is 11.7. The highest BCUT2D eigenvalue weighted by molar-refractivity contribution is 7.16. The van der Waals surface area contributed by atoms with Crippen LogP contribution in [0, 0.1) is 16.7 Å². The van der Waals surface area contributed by atoms with Gasteiger partial charge in [0.15, 0.2) is 0 Å². The Hall–Kier alpha value is -2.80. The Morgan fingerprint density at radius 2 is 2.02 bits per heavy atom. The third-order valence-electron chi connectivity index (χ3n) is 10.6. The number of hydrogen-bond donors (Lipinski definition) is 2. The van der Waals surface area contributed by atoms with Gasteiger partial charge in [-0.3, -0.25) is 9.89 Å². The lowest BCUT2D eigenvalue weighted by molar-refractivity contribution is 0.102. The van der Waals surface area contributed by atoms with Crippen molar-refractivity contribution < 1.29 is 0 Å². The largest absolute Gasteiger partial charge is 0.389 e. The molecule has 44 heavy (non-hydrogen) atoms. The number of aryl methyl sites for hydroxylation is 1. The Balaban J connectivity index is 1.48. The summed E-state index contributed by atoms with van der Waals surface area (Å²) in [6.45, 7) is 13.2. The number of likely N-dealkylation sites (tertiary alicyclic amines) is 1. The second-order valence-corrected chi connectivity index (χ2v) is 14.6. The number of allylic oxidation sites excluding steroid dienone is 3. The van der Waals surface area contributed by atoms with Crippen LogP contribution >= 0.6 is 11.3 Å². The fourth-order valence-electron chi connectivity index (χ4n) is 7.66. The van der Waals surface area contributed by atoms with Gasteiger partial charge in [-0.1, -0.05) is 13.3 Å². The maximum atomic E-state index is 9.97. The van der Waals surface area contributed by atoms with Crippen LogP contribution in [0.3, 0.4) is 0 Å². The molecule has 238 valence electrons. The minimum absolute atomic E-state index is 0.106. The summed E-state index contributed by atoms with van der Waals surface area (Å²) in [6.07, 6.45) is 13.9. The number of anilines is 1. The monoisotopic (exact) mass is 616 g/mol. The van der Waals surface area contributed by atoms with Crippen molar-refractivity contribution in [1.82, 2.24) is 14.7 Å². The molecule has 1 aromatic heterocycles. The minimum atomic E-state index is -0.106. The molecule has 2 atom stereocenters. The quantitative estimate of drug-likeness (QED) is 0.209. The predicted octanol–water partition coefficient (Wildman–Crippen LogP) is 6.40. The van der Waals surface area contributed by atoms with E-state index in [1.165, 1.54) is 48.4 Å². The molecule has 1 saturated carbocycles. The van der Waals surface area contributed by atoms with Gasteiger partial charge in [0.05, 0.1) is 11.3 Å². The van der Waals surface area contributed by atoms with E-state index in [0.29, 0.717) is 22.3 Å². The van der Waals surface area contributed by atoms with Crippen LogP contribution < -0.4 is 5.73 Å². The lowest BCUT2D eigenvalue weighted by Crippen LogP contribution is -2.52. The van der Waals surface area contributed by atoms with Crippen LogP contribution in [0.15, 0.2) is 33.0 Å².